The molecule has 1 saturated heterocycles. The highest BCUT2D eigenvalue weighted by Gasteiger charge is 2.21. The van der Waals surface area contributed by atoms with Gasteiger partial charge in [-0.15, -0.1) is 0 Å². The van der Waals surface area contributed by atoms with Gasteiger partial charge in [0, 0.05) is 30.5 Å². The summed E-state index contributed by atoms with van der Waals surface area (Å²) in [5, 5.41) is 3.08. The number of anilines is 1. The van der Waals surface area contributed by atoms with Gasteiger partial charge in [0.1, 0.15) is 5.69 Å². The Morgan fingerprint density at radius 2 is 1.59 bits per heavy atom. The van der Waals surface area contributed by atoms with Crippen LogP contribution in [-0.2, 0) is 0 Å². The molecular formula is C24H31N3O2. The maximum atomic E-state index is 13.0. The summed E-state index contributed by atoms with van der Waals surface area (Å²) in [6.07, 6.45) is 4.79. The molecule has 0 bridgehead atoms. The smallest absolute Gasteiger partial charge is 0.274 e. The van der Waals surface area contributed by atoms with E-state index in [2.05, 4.69) is 50.1 Å². The Morgan fingerprint density at radius 1 is 0.966 bits per heavy atom. The van der Waals surface area contributed by atoms with Gasteiger partial charge in [-0.3, -0.25) is 14.6 Å². The lowest BCUT2D eigenvalue weighted by Crippen LogP contribution is -2.35. The molecule has 2 aromatic rings. The fourth-order valence-corrected chi connectivity index (χ4v) is 3.84. The number of amides is 2. The average molecular weight is 394 g/mol. The molecule has 3 rings (SSSR count). The summed E-state index contributed by atoms with van der Waals surface area (Å²) >= 11 is 0. The van der Waals surface area contributed by atoms with E-state index in [0.717, 1.165) is 42.7 Å². The minimum atomic E-state index is -0.284. The first-order valence-corrected chi connectivity index (χ1v) is 10.6. The van der Waals surface area contributed by atoms with Crippen LogP contribution < -0.4 is 5.32 Å². The number of hydrogen-bond acceptors (Lipinski definition) is 3. The lowest BCUT2D eigenvalue weighted by Gasteiger charge is -2.26. The molecule has 154 valence electrons. The zero-order valence-corrected chi connectivity index (χ0v) is 17.9. The van der Waals surface area contributed by atoms with Crippen molar-refractivity contribution in [2.45, 2.75) is 58.8 Å². The minimum Gasteiger partial charge on any atom is -0.339 e. The molecule has 1 aliphatic heterocycles. The highest BCUT2D eigenvalue weighted by atomic mass is 16.2. The molecule has 0 atom stereocenters. The number of nitrogens with one attached hydrogen (secondary N) is 1. The molecule has 0 saturated carbocycles. The van der Waals surface area contributed by atoms with Crippen molar-refractivity contribution in [1.29, 1.82) is 0 Å². The van der Waals surface area contributed by atoms with Gasteiger partial charge in [0.25, 0.3) is 11.8 Å². The van der Waals surface area contributed by atoms with Crippen LogP contribution in [0.4, 0.5) is 5.69 Å². The number of benzene rings is 1. The van der Waals surface area contributed by atoms with Gasteiger partial charge in [0.05, 0.1) is 0 Å². The second-order valence-electron chi connectivity index (χ2n) is 8.36. The van der Waals surface area contributed by atoms with Crippen LogP contribution in [0.3, 0.4) is 0 Å². The van der Waals surface area contributed by atoms with Crippen LogP contribution in [0.2, 0.25) is 0 Å². The molecule has 0 radical (unpaired) electrons. The summed E-state index contributed by atoms with van der Waals surface area (Å²) in [6.45, 7) is 10.0. The summed E-state index contributed by atoms with van der Waals surface area (Å²) < 4.78 is 0. The summed E-state index contributed by atoms with van der Waals surface area (Å²) in [5.74, 6) is 0.257. The van der Waals surface area contributed by atoms with E-state index < -0.39 is 0 Å². The molecule has 1 fully saturated rings. The van der Waals surface area contributed by atoms with Crippen molar-refractivity contribution >= 4 is 17.5 Å². The maximum absolute atomic E-state index is 13.0. The van der Waals surface area contributed by atoms with Crippen molar-refractivity contribution in [2.75, 3.05) is 18.4 Å². The van der Waals surface area contributed by atoms with Crippen LogP contribution in [0.5, 0.6) is 0 Å². The van der Waals surface area contributed by atoms with Crippen LogP contribution in [0.25, 0.3) is 0 Å². The van der Waals surface area contributed by atoms with E-state index in [1.165, 1.54) is 6.42 Å². The summed E-state index contributed by atoms with van der Waals surface area (Å²) in [6, 6.07) is 9.44. The van der Waals surface area contributed by atoms with Gasteiger partial charge >= 0.3 is 0 Å². The molecule has 5 nitrogen and oxygen atoms in total. The molecule has 2 heterocycles. The molecule has 2 amide bonds. The molecule has 0 aliphatic carbocycles. The van der Waals surface area contributed by atoms with Gasteiger partial charge in [-0.2, -0.15) is 0 Å². The monoisotopic (exact) mass is 393 g/mol. The zero-order valence-electron chi connectivity index (χ0n) is 17.9. The molecule has 1 aromatic heterocycles. The molecule has 1 N–H and O–H groups in total. The van der Waals surface area contributed by atoms with Crippen molar-refractivity contribution in [3.8, 4) is 0 Å². The van der Waals surface area contributed by atoms with E-state index in [4.69, 9.17) is 0 Å². The average Bonchev–Trinajstić information content (AvgIpc) is 2.73. The van der Waals surface area contributed by atoms with Crippen molar-refractivity contribution in [2.24, 2.45) is 0 Å². The molecule has 1 aromatic carbocycles. The Morgan fingerprint density at radius 3 is 2.17 bits per heavy atom. The van der Waals surface area contributed by atoms with E-state index in [1.54, 1.807) is 18.3 Å². The lowest BCUT2D eigenvalue weighted by atomic mass is 9.92. The molecular weight excluding hydrogens is 362 g/mol. The normalized spacial score (nSPS) is 14.3. The fourth-order valence-electron chi connectivity index (χ4n) is 3.84. The quantitative estimate of drug-likeness (QED) is 0.759. The van der Waals surface area contributed by atoms with Crippen molar-refractivity contribution < 1.29 is 9.59 Å². The molecule has 29 heavy (non-hydrogen) atoms. The van der Waals surface area contributed by atoms with Crippen LogP contribution >= 0.6 is 0 Å². The highest BCUT2D eigenvalue weighted by Crippen LogP contribution is 2.32. The van der Waals surface area contributed by atoms with Crippen LogP contribution in [-0.4, -0.2) is 34.8 Å². The second kappa shape index (κ2) is 9.21. The number of para-hydroxylation sites is 1. The maximum Gasteiger partial charge on any atom is 0.274 e. The Hall–Kier alpha value is -2.69. The fraction of sp³-hybridized carbons (Fsp3) is 0.458. The number of rotatable bonds is 5. The first-order valence-electron chi connectivity index (χ1n) is 10.6. The lowest BCUT2D eigenvalue weighted by molar-refractivity contribution is 0.0724. The van der Waals surface area contributed by atoms with E-state index in [-0.39, 0.29) is 29.3 Å². The van der Waals surface area contributed by atoms with Gasteiger partial charge in [0.15, 0.2) is 0 Å². The molecule has 0 spiro atoms. The second-order valence-corrected chi connectivity index (χ2v) is 8.36. The number of nitrogens with zero attached hydrogens (tertiary/aromatic N) is 2. The zero-order chi connectivity index (χ0) is 21.0. The summed E-state index contributed by atoms with van der Waals surface area (Å²) in [7, 11) is 0. The van der Waals surface area contributed by atoms with Crippen molar-refractivity contribution in [3.05, 3.63) is 58.9 Å². The standard InChI is InChI=1S/C24H31N3O2/c1-16(2)19-9-8-10-20(17(3)4)22(19)26-23(28)21-15-18(11-12-25-21)24(29)27-13-6-5-7-14-27/h8-12,15-17H,5-7,13-14H2,1-4H3,(H,26,28). The van der Waals surface area contributed by atoms with Gasteiger partial charge in [-0.25, -0.2) is 0 Å². The topological polar surface area (TPSA) is 62.3 Å². The van der Waals surface area contributed by atoms with Crippen LogP contribution in [0, 0.1) is 0 Å². The van der Waals surface area contributed by atoms with E-state index >= 15 is 0 Å². The van der Waals surface area contributed by atoms with E-state index in [9.17, 15) is 9.59 Å². The van der Waals surface area contributed by atoms with Crippen molar-refractivity contribution in [1.82, 2.24) is 9.88 Å². The van der Waals surface area contributed by atoms with Gasteiger partial charge < -0.3 is 10.2 Å². The van der Waals surface area contributed by atoms with Crippen LogP contribution in [0.1, 0.15) is 90.8 Å². The number of likely N-dealkylation sites (tertiary alicyclic amines) is 1. The molecule has 1 aliphatic rings. The third-order valence-corrected chi connectivity index (χ3v) is 5.49. The summed E-state index contributed by atoms with van der Waals surface area (Å²) in [4.78, 5) is 31.9. The Bertz CT molecular complexity index is 857. The SMILES string of the molecule is CC(C)c1cccc(C(C)C)c1NC(=O)c1cc(C(=O)N2CCCCC2)ccn1. The largest absolute Gasteiger partial charge is 0.339 e. The summed E-state index contributed by atoms with van der Waals surface area (Å²) in [5.41, 5.74) is 3.85. The Labute approximate surface area is 173 Å². The third kappa shape index (κ3) is 4.84. The van der Waals surface area contributed by atoms with Gasteiger partial charge in [0.2, 0.25) is 0 Å². The van der Waals surface area contributed by atoms with E-state index in [0.29, 0.717) is 5.56 Å². The number of hydrogen-bond donors (Lipinski definition) is 1. The van der Waals surface area contributed by atoms with Crippen molar-refractivity contribution in [3.63, 3.8) is 0 Å². The first-order chi connectivity index (χ1) is 13.9. The van der Waals surface area contributed by atoms with Crippen LogP contribution in [0.15, 0.2) is 36.5 Å². The van der Waals surface area contributed by atoms with E-state index in [1.807, 2.05) is 11.0 Å². The minimum absolute atomic E-state index is 0.0217. The third-order valence-electron chi connectivity index (χ3n) is 5.49. The number of carbonyl (C=O) groups excluding carboxylic acids is 2. The Kier molecular flexibility index (Phi) is 6.68. The molecule has 5 heteroatoms. The predicted molar refractivity (Wildman–Crippen MR) is 117 cm³/mol. The number of carbonyl (C=O) groups is 2. The predicted octanol–water partition coefficient (Wildman–Crippen LogP) is 5.21. The number of pyridine rings is 1. The Balaban J connectivity index is 1.86. The first kappa shape index (κ1) is 21.0. The molecule has 0 unspecified atom stereocenters. The highest BCUT2D eigenvalue weighted by molar-refractivity contribution is 6.05. The van der Waals surface area contributed by atoms with Gasteiger partial charge in [-0.1, -0.05) is 45.9 Å². The van der Waals surface area contributed by atoms with Gasteiger partial charge in [-0.05, 0) is 54.4 Å². The number of aromatic nitrogens is 1. The number of piperidine rings is 1.